The van der Waals surface area contributed by atoms with E-state index in [4.69, 9.17) is 4.74 Å². The molecule has 8 nitrogen and oxygen atoms in total. The number of aromatic hydroxyl groups is 3. The molecule has 1 heterocycles. The fourth-order valence-corrected chi connectivity index (χ4v) is 4.58. The van der Waals surface area contributed by atoms with Crippen LogP contribution in [-0.4, -0.2) is 50.7 Å². The smallest absolute Gasteiger partial charge is 0.338 e. The van der Waals surface area contributed by atoms with E-state index >= 15 is 0 Å². The molecule has 0 aliphatic carbocycles. The van der Waals surface area contributed by atoms with Gasteiger partial charge >= 0.3 is 5.97 Å². The van der Waals surface area contributed by atoms with Crippen molar-refractivity contribution in [1.82, 2.24) is 4.57 Å². The zero-order valence-electron chi connectivity index (χ0n) is 21.6. The van der Waals surface area contributed by atoms with E-state index in [-0.39, 0.29) is 36.8 Å². The number of phenolic OH excluding ortho intramolecular Hbond substituents is 3. The first-order valence-corrected chi connectivity index (χ1v) is 12.8. The Labute approximate surface area is 221 Å². The molecule has 0 amide bonds. The molecule has 38 heavy (non-hydrogen) atoms. The first-order chi connectivity index (χ1) is 18.3. The van der Waals surface area contributed by atoms with Crippen molar-refractivity contribution in [1.29, 1.82) is 0 Å². The van der Waals surface area contributed by atoms with Gasteiger partial charge < -0.3 is 35.0 Å². The molecule has 0 aliphatic heterocycles. The van der Waals surface area contributed by atoms with Crippen LogP contribution in [0.25, 0.3) is 10.9 Å². The summed E-state index contributed by atoms with van der Waals surface area (Å²) in [5.41, 5.74) is 3.92. The number of phenols is 3. The largest absolute Gasteiger partial charge is 0.508 e. The van der Waals surface area contributed by atoms with Crippen LogP contribution < -0.4 is 5.32 Å². The first kappa shape index (κ1) is 26.9. The van der Waals surface area contributed by atoms with Crippen LogP contribution in [0.1, 0.15) is 46.8 Å². The van der Waals surface area contributed by atoms with E-state index < -0.39 is 12.1 Å². The molecule has 0 spiro atoms. The fraction of sp³-hybridized carbons (Fsp3) is 0.300. The van der Waals surface area contributed by atoms with E-state index in [0.29, 0.717) is 11.1 Å². The molecule has 0 fully saturated rings. The van der Waals surface area contributed by atoms with E-state index in [0.717, 1.165) is 47.0 Å². The molecule has 4 rings (SSSR count). The number of fused-ring (bicyclic) bond motifs is 1. The Bertz CT molecular complexity index is 1400. The second kappa shape index (κ2) is 11.9. The van der Waals surface area contributed by atoms with Gasteiger partial charge in [0.1, 0.15) is 23.9 Å². The molecule has 1 aromatic heterocycles. The minimum Gasteiger partial charge on any atom is -0.508 e. The van der Waals surface area contributed by atoms with Crippen LogP contribution in [-0.2, 0) is 24.1 Å². The predicted molar refractivity (Wildman–Crippen MR) is 147 cm³/mol. The molecule has 200 valence electrons. The van der Waals surface area contributed by atoms with E-state index in [9.17, 15) is 25.2 Å². The Morgan fingerprint density at radius 2 is 1.82 bits per heavy atom. The Balaban J connectivity index is 1.52. The van der Waals surface area contributed by atoms with Gasteiger partial charge in [-0.05, 0) is 72.5 Å². The second-order valence-electron chi connectivity index (χ2n) is 9.49. The molecule has 0 aliphatic rings. The minimum absolute atomic E-state index is 0.0209. The summed E-state index contributed by atoms with van der Waals surface area (Å²) in [5.74, 6) is -0.414. The summed E-state index contributed by atoms with van der Waals surface area (Å²) in [7, 11) is 1.76. The molecule has 1 unspecified atom stereocenters. The molecule has 3 aromatic carbocycles. The highest BCUT2D eigenvalue weighted by Crippen LogP contribution is 2.33. The van der Waals surface area contributed by atoms with Crippen LogP contribution in [0.4, 0.5) is 5.69 Å². The molecule has 0 radical (unpaired) electrons. The van der Waals surface area contributed by atoms with Crippen LogP contribution in [0.15, 0.2) is 60.8 Å². The zero-order chi connectivity index (χ0) is 27.2. The van der Waals surface area contributed by atoms with Gasteiger partial charge in [0.05, 0.1) is 23.8 Å². The number of ether oxygens (including phenoxy) is 1. The average Bonchev–Trinajstić information content (AvgIpc) is 3.23. The molecule has 0 saturated heterocycles. The maximum Gasteiger partial charge on any atom is 0.338 e. The van der Waals surface area contributed by atoms with Crippen molar-refractivity contribution in [2.45, 2.75) is 45.3 Å². The molecule has 5 N–H and O–H groups in total. The quantitative estimate of drug-likeness (QED) is 0.178. The summed E-state index contributed by atoms with van der Waals surface area (Å²) in [4.78, 5) is 12.4. The highest BCUT2D eigenvalue weighted by atomic mass is 16.5. The van der Waals surface area contributed by atoms with Gasteiger partial charge in [0.15, 0.2) is 0 Å². The number of aliphatic hydroxyl groups excluding tert-OH is 1. The highest BCUT2D eigenvalue weighted by molar-refractivity contribution is 5.90. The third kappa shape index (κ3) is 6.20. The molecular weight excluding hydrogens is 484 g/mol. The molecule has 0 bridgehead atoms. The summed E-state index contributed by atoms with van der Waals surface area (Å²) in [6.45, 7) is 2.08. The van der Waals surface area contributed by atoms with Crippen molar-refractivity contribution in [3.63, 3.8) is 0 Å². The number of aliphatic hydroxyl groups is 1. The molecule has 4 aromatic rings. The number of benzene rings is 3. The molecule has 8 heteroatoms. The van der Waals surface area contributed by atoms with E-state index in [1.54, 1.807) is 55.6 Å². The Morgan fingerprint density at radius 3 is 2.53 bits per heavy atom. The van der Waals surface area contributed by atoms with E-state index in [1.807, 2.05) is 16.8 Å². The third-order valence-corrected chi connectivity index (χ3v) is 6.61. The minimum atomic E-state index is -0.979. The van der Waals surface area contributed by atoms with Crippen molar-refractivity contribution in [2.75, 3.05) is 19.0 Å². The van der Waals surface area contributed by atoms with Crippen LogP contribution >= 0.6 is 0 Å². The van der Waals surface area contributed by atoms with Gasteiger partial charge in [-0.15, -0.1) is 0 Å². The Kier molecular flexibility index (Phi) is 8.43. The standard InChI is InChI=1S/C30H34N2O6/c1-3-4-6-19-11-28(35)26(29(36)12-19)17-32-16-21(25-15-23(33)9-10-27(25)32)14-24(34)18-38-30(37)20-7-5-8-22(13-20)31-2/h5,7-13,15-16,24,31,33-36H,3-4,6,14,17-18H2,1-2H3. The highest BCUT2D eigenvalue weighted by Gasteiger charge is 2.18. The summed E-state index contributed by atoms with van der Waals surface area (Å²) in [6, 6.07) is 15.2. The fourth-order valence-electron chi connectivity index (χ4n) is 4.58. The lowest BCUT2D eigenvalue weighted by molar-refractivity contribution is 0.0259. The maximum absolute atomic E-state index is 12.4. The number of hydrogen-bond donors (Lipinski definition) is 5. The van der Waals surface area contributed by atoms with Crippen LogP contribution in [0.5, 0.6) is 17.2 Å². The number of nitrogens with one attached hydrogen (secondary N) is 1. The van der Waals surface area contributed by atoms with Gasteiger partial charge in [-0.3, -0.25) is 0 Å². The van der Waals surface area contributed by atoms with Gasteiger partial charge in [0.2, 0.25) is 0 Å². The van der Waals surface area contributed by atoms with Gasteiger partial charge in [0, 0.05) is 36.3 Å². The van der Waals surface area contributed by atoms with Crippen molar-refractivity contribution in [3.05, 3.63) is 83.0 Å². The first-order valence-electron chi connectivity index (χ1n) is 12.8. The monoisotopic (exact) mass is 518 g/mol. The SMILES string of the molecule is CCCCc1cc(O)c(Cn2cc(CC(O)COC(=O)c3cccc(NC)c3)c3cc(O)ccc32)c(O)c1. The second-order valence-corrected chi connectivity index (χ2v) is 9.49. The number of unbranched alkanes of at least 4 members (excludes halogenated alkanes) is 1. The summed E-state index contributed by atoms with van der Waals surface area (Å²) >= 11 is 0. The normalized spacial score (nSPS) is 12.0. The Hall–Kier alpha value is -4.17. The van der Waals surface area contributed by atoms with Crippen LogP contribution in [0.3, 0.4) is 0 Å². The number of aromatic nitrogens is 1. The van der Waals surface area contributed by atoms with Crippen molar-refractivity contribution in [2.24, 2.45) is 0 Å². The van der Waals surface area contributed by atoms with Crippen LogP contribution in [0, 0.1) is 0 Å². The van der Waals surface area contributed by atoms with Gasteiger partial charge in [0.25, 0.3) is 0 Å². The molecule has 0 saturated carbocycles. The summed E-state index contributed by atoms with van der Waals surface area (Å²) < 4.78 is 7.19. The number of carbonyl (C=O) groups excluding carboxylic acids is 1. The maximum atomic E-state index is 12.4. The van der Waals surface area contributed by atoms with E-state index in [2.05, 4.69) is 12.2 Å². The number of carbonyl (C=O) groups is 1. The van der Waals surface area contributed by atoms with Crippen LogP contribution in [0.2, 0.25) is 0 Å². The van der Waals surface area contributed by atoms with E-state index in [1.165, 1.54) is 0 Å². The molecular formula is C30H34N2O6. The number of aryl methyl sites for hydroxylation is 1. The van der Waals surface area contributed by atoms with Crippen molar-refractivity contribution >= 4 is 22.6 Å². The van der Waals surface area contributed by atoms with Gasteiger partial charge in [-0.1, -0.05) is 19.4 Å². The lowest BCUT2D eigenvalue weighted by Gasteiger charge is -2.12. The number of nitrogens with zero attached hydrogens (tertiary/aromatic N) is 1. The van der Waals surface area contributed by atoms with Gasteiger partial charge in [-0.2, -0.15) is 0 Å². The third-order valence-electron chi connectivity index (χ3n) is 6.61. The lowest BCUT2D eigenvalue weighted by Crippen LogP contribution is -2.21. The zero-order valence-corrected chi connectivity index (χ0v) is 21.6. The number of esters is 1. The predicted octanol–water partition coefficient (Wildman–Crippen LogP) is 4.95. The summed E-state index contributed by atoms with van der Waals surface area (Å²) in [6.07, 6.45) is 3.76. The van der Waals surface area contributed by atoms with Crippen molar-refractivity contribution in [3.8, 4) is 17.2 Å². The topological polar surface area (TPSA) is 124 Å². The molecule has 1 atom stereocenters. The lowest BCUT2D eigenvalue weighted by atomic mass is 10.0. The number of anilines is 1. The van der Waals surface area contributed by atoms with Gasteiger partial charge in [-0.25, -0.2) is 4.79 Å². The number of rotatable bonds is 11. The average molecular weight is 519 g/mol. The number of hydrogen-bond acceptors (Lipinski definition) is 7. The summed E-state index contributed by atoms with van der Waals surface area (Å²) in [5, 5.41) is 45.7. The van der Waals surface area contributed by atoms with Crippen molar-refractivity contribution < 1.29 is 30.0 Å². The Morgan fingerprint density at radius 1 is 1.05 bits per heavy atom.